The lowest BCUT2D eigenvalue weighted by atomic mass is 9.79. The van der Waals surface area contributed by atoms with Crippen LogP contribution in [0.4, 0.5) is 0 Å². The van der Waals surface area contributed by atoms with Gasteiger partial charge in [-0.1, -0.05) is 11.6 Å². The van der Waals surface area contributed by atoms with E-state index in [0.717, 1.165) is 24.2 Å². The molecule has 0 amide bonds. The van der Waals surface area contributed by atoms with Crippen LogP contribution in [0, 0.1) is 0 Å². The van der Waals surface area contributed by atoms with Gasteiger partial charge in [0, 0.05) is 29.8 Å². The van der Waals surface area contributed by atoms with Crippen LogP contribution in [0.15, 0.2) is 18.2 Å². The van der Waals surface area contributed by atoms with Gasteiger partial charge >= 0.3 is 0 Å². The molecule has 0 aromatic heterocycles. The molecule has 0 saturated carbocycles. The minimum atomic E-state index is -0.514. The van der Waals surface area contributed by atoms with Crippen molar-refractivity contribution in [2.24, 2.45) is 0 Å². The third-order valence-corrected chi connectivity index (χ3v) is 4.24. The molecule has 0 aliphatic carbocycles. The van der Waals surface area contributed by atoms with Crippen molar-refractivity contribution >= 4 is 11.6 Å². The maximum atomic E-state index is 10.4. The molecule has 3 nitrogen and oxygen atoms in total. The molecule has 0 radical (unpaired) electrons. The van der Waals surface area contributed by atoms with Crippen LogP contribution in [-0.4, -0.2) is 22.9 Å². The molecule has 104 valence electrons. The first-order chi connectivity index (χ1) is 8.97. The first-order valence-electron chi connectivity index (χ1n) is 6.79. The zero-order valence-electron chi connectivity index (χ0n) is 11.2. The maximum absolute atomic E-state index is 10.4. The van der Waals surface area contributed by atoms with Gasteiger partial charge in [0.25, 0.3) is 0 Å². The lowest BCUT2D eigenvalue weighted by Crippen LogP contribution is -2.50. The molecule has 1 N–H and O–H groups in total. The van der Waals surface area contributed by atoms with E-state index in [0.29, 0.717) is 11.4 Å². The van der Waals surface area contributed by atoms with Crippen molar-refractivity contribution in [2.75, 3.05) is 0 Å². The van der Waals surface area contributed by atoms with E-state index >= 15 is 0 Å². The van der Waals surface area contributed by atoms with E-state index in [2.05, 4.69) is 13.8 Å². The van der Waals surface area contributed by atoms with Gasteiger partial charge in [-0.3, -0.25) is 0 Å². The summed E-state index contributed by atoms with van der Waals surface area (Å²) >= 11 is 5.98. The molecular formula is C15H19ClO3. The molecule has 3 atom stereocenters. The predicted molar refractivity (Wildman–Crippen MR) is 73.6 cm³/mol. The molecule has 1 aromatic rings. The maximum Gasteiger partial charge on any atom is 0.126 e. The highest BCUT2D eigenvalue weighted by molar-refractivity contribution is 6.30. The Kier molecular flexibility index (Phi) is 3.24. The van der Waals surface area contributed by atoms with Crippen molar-refractivity contribution in [1.29, 1.82) is 0 Å². The van der Waals surface area contributed by atoms with Gasteiger partial charge in [0.15, 0.2) is 0 Å². The van der Waals surface area contributed by atoms with Crippen LogP contribution in [0.1, 0.15) is 44.8 Å². The van der Waals surface area contributed by atoms with Gasteiger partial charge in [-0.05, 0) is 32.0 Å². The van der Waals surface area contributed by atoms with E-state index in [1.807, 2.05) is 6.07 Å². The Morgan fingerprint density at radius 2 is 1.89 bits per heavy atom. The number of hydrogen-bond acceptors (Lipinski definition) is 3. The zero-order chi connectivity index (χ0) is 13.6. The second kappa shape index (κ2) is 4.65. The second-order valence-electron chi connectivity index (χ2n) is 5.85. The van der Waals surface area contributed by atoms with Gasteiger partial charge in [0.05, 0.1) is 18.3 Å². The van der Waals surface area contributed by atoms with E-state index in [1.165, 1.54) is 0 Å². The van der Waals surface area contributed by atoms with Crippen LogP contribution in [0.3, 0.4) is 0 Å². The Hall–Kier alpha value is -0.770. The molecule has 19 heavy (non-hydrogen) atoms. The Morgan fingerprint density at radius 1 is 1.21 bits per heavy atom. The molecule has 2 aliphatic heterocycles. The fourth-order valence-electron chi connectivity index (χ4n) is 3.48. The number of aliphatic hydroxyl groups is 1. The largest absolute Gasteiger partial charge is 0.487 e. The normalized spacial score (nSPS) is 37.8. The van der Waals surface area contributed by atoms with Gasteiger partial charge in [-0.15, -0.1) is 0 Å². The fraction of sp³-hybridized carbons (Fsp3) is 0.600. The predicted octanol–water partition coefficient (Wildman–Crippen LogP) is 3.48. The van der Waals surface area contributed by atoms with Crippen molar-refractivity contribution in [3.8, 4) is 5.75 Å². The van der Waals surface area contributed by atoms with Crippen molar-refractivity contribution in [1.82, 2.24) is 0 Å². The summed E-state index contributed by atoms with van der Waals surface area (Å²) in [4.78, 5) is 0. The van der Waals surface area contributed by atoms with E-state index in [9.17, 15) is 5.11 Å². The van der Waals surface area contributed by atoms with Crippen LogP contribution < -0.4 is 4.74 Å². The topological polar surface area (TPSA) is 38.7 Å². The summed E-state index contributed by atoms with van der Waals surface area (Å²) in [6.45, 7) is 4.12. The van der Waals surface area contributed by atoms with Gasteiger partial charge in [0.1, 0.15) is 11.4 Å². The van der Waals surface area contributed by atoms with Crippen molar-refractivity contribution in [3.63, 3.8) is 0 Å². The smallest absolute Gasteiger partial charge is 0.126 e. The minimum Gasteiger partial charge on any atom is -0.487 e. The van der Waals surface area contributed by atoms with Crippen LogP contribution in [0.5, 0.6) is 5.75 Å². The van der Waals surface area contributed by atoms with Crippen LogP contribution >= 0.6 is 11.6 Å². The minimum absolute atomic E-state index is 0.157. The molecule has 4 heteroatoms. The Labute approximate surface area is 118 Å². The highest BCUT2D eigenvalue weighted by Crippen LogP contribution is 2.46. The second-order valence-corrected chi connectivity index (χ2v) is 6.29. The molecule has 3 rings (SSSR count). The van der Waals surface area contributed by atoms with Gasteiger partial charge < -0.3 is 14.6 Å². The Bertz CT molecular complexity index is 478. The lowest BCUT2D eigenvalue weighted by molar-refractivity contribution is -0.140. The standard InChI is InChI=1S/C15H19ClO3/c1-9-6-15(7-10(2)18-9)8-13(17)12-5-11(16)3-4-14(12)19-15/h3-5,9-10,13,17H,6-8H2,1-2H3/t9?,10?,13-,15?/m1/s1. The van der Waals surface area contributed by atoms with E-state index in [4.69, 9.17) is 21.1 Å². The molecule has 2 unspecified atom stereocenters. The number of rotatable bonds is 0. The van der Waals surface area contributed by atoms with Gasteiger partial charge in [-0.25, -0.2) is 0 Å². The molecular weight excluding hydrogens is 264 g/mol. The third kappa shape index (κ3) is 2.47. The molecule has 1 aromatic carbocycles. The van der Waals surface area contributed by atoms with E-state index in [-0.39, 0.29) is 17.8 Å². The third-order valence-electron chi connectivity index (χ3n) is 4.01. The van der Waals surface area contributed by atoms with Crippen LogP contribution in [-0.2, 0) is 4.74 Å². The van der Waals surface area contributed by atoms with Crippen LogP contribution in [0.2, 0.25) is 5.02 Å². The van der Waals surface area contributed by atoms with Crippen molar-refractivity contribution < 1.29 is 14.6 Å². The summed E-state index contributed by atoms with van der Waals surface area (Å²) in [5.74, 6) is 0.754. The fourth-order valence-corrected chi connectivity index (χ4v) is 3.66. The molecule has 2 heterocycles. The quantitative estimate of drug-likeness (QED) is 0.792. The SMILES string of the molecule is CC1CC2(CC(C)O1)C[C@@H](O)c1cc(Cl)ccc1O2. The zero-order valence-corrected chi connectivity index (χ0v) is 12.0. The number of ether oxygens (including phenoxy) is 2. The molecule has 1 fully saturated rings. The number of hydrogen-bond donors (Lipinski definition) is 1. The average Bonchev–Trinajstić information content (AvgIpc) is 2.28. The number of fused-ring (bicyclic) bond motifs is 1. The monoisotopic (exact) mass is 282 g/mol. The van der Waals surface area contributed by atoms with Gasteiger partial charge in [-0.2, -0.15) is 0 Å². The highest BCUT2D eigenvalue weighted by Gasteiger charge is 2.45. The Morgan fingerprint density at radius 3 is 2.58 bits per heavy atom. The first-order valence-corrected chi connectivity index (χ1v) is 7.17. The van der Waals surface area contributed by atoms with Gasteiger partial charge in [0.2, 0.25) is 0 Å². The van der Waals surface area contributed by atoms with E-state index < -0.39 is 6.10 Å². The summed E-state index contributed by atoms with van der Waals surface area (Å²) in [6, 6.07) is 5.45. The van der Waals surface area contributed by atoms with Crippen molar-refractivity contribution in [2.45, 2.75) is 57.0 Å². The summed E-state index contributed by atoms with van der Waals surface area (Å²) in [5.41, 5.74) is 0.488. The van der Waals surface area contributed by atoms with Crippen LogP contribution in [0.25, 0.3) is 0 Å². The summed E-state index contributed by atoms with van der Waals surface area (Å²) < 4.78 is 12.0. The average molecular weight is 283 g/mol. The molecule has 1 spiro atoms. The Balaban J connectivity index is 1.94. The molecule has 0 bridgehead atoms. The lowest BCUT2D eigenvalue weighted by Gasteiger charge is -2.46. The molecule has 2 aliphatic rings. The highest BCUT2D eigenvalue weighted by atomic mass is 35.5. The van der Waals surface area contributed by atoms with E-state index in [1.54, 1.807) is 12.1 Å². The number of halogens is 1. The summed E-state index contributed by atoms with van der Waals surface area (Å²) in [5, 5.41) is 11.0. The molecule has 1 saturated heterocycles. The number of benzene rings is 1. The van der Waals surface area contributed by atoms with Crippen molar-refractivity contribution in [3.05, 3.63) is 28.8 Å². The number of aliphatic hydroxyl groups excluding tert-OH is 1. The first kappa shape index (κ1) is 13.2. The summed E-state index contributed by atoms with van der Waals surface area (Å²) in [7, 11) is 0. The summed E-state index contributed by atoms with van der Waals surface area (Å²) in [6.07, 6.45) is 2.04.